The van der Waals surface area contributed by atoms with Crippen molar-refractivity contribution in [1.82, 2.24) is 0 Å². The van der Waals surface area contributed by atoms with Crippen molar-refractivity contribution in [2.45, 2.75) is 89.9 Å². The largest absolute Gasteiger partial charge is 0.396 e. The molecule has 0 aliphatic heterocycles. The van der Waals surface area contributed by atoms with Crippen molar-refractivity contribution >= 4 is 22.7 Å². The van der Waals surface area contributed by atoms with Gasteiger partial charge >= 0.3 is 0 Å². The first kappa shape index (κ1) is 22.5. The van der Waals surface area contributed by atoms with E-state index in [1.54, 1.807) is 6.92 Å². The highest BCUT2D eigenvalue weighted by Gasteiger charge is 2.66. The van der Waals surface area contributed by atoms with Crippen molar-refractivity contribution in [3.63, 3.8) is 0 Å². The van der Waals surface area contributed by atoms with Gasteiger partial charge in [0.25, 0.3) is 0 Å². The zero-order valence-electron chi connectivity index (χ0n) is 18.9. The molecule has 4 rings (SSSR count). The second-order valence-electron chi connectivity index (χ2n) is 11.0. The third-order valence-electron chi connectivity index (χ3n) is 9.75. The second kappa shape index (κ2) is 7.74. The number of hydrogen-bond acceptors (Lipinski definition) is 5. The van der Waals surface area contributed by atoms with Crippen molar-refractivity contribution in [2.75, 3.05) is 6.61 Å². The summed E-state index contributed by atoms with van der Waals surface area (Å²) in [6, 6.07) is 0. The predicted octanol–water partition coefficient (Wildman–Crippen LogP) is 4.53. The molecule has 0 spiro atoms. The molecule has 4 nitrogen and oxygen atoms in total. The molecule has 2 N–H and O–H groups in total. The number of allylic oxidation sites excluding steroid dienone is 1. The molecule has 0 aromatic rings. The van der Waals surface area contributed by atoms with E-state index in [9.17, 15) is 19.8 Å². The third kappa shape index (κ3) is 3.17. The first-order chi connectivity index (χ1) is 14.1. The maximum atomic E-state index is 12.3. The molecule has 168 valence electrons. The number of aliphatic hydroxyl groups excluding tert-OH is 1. The van der Waals surface area contributed by atoms with Crippen LogP contribution >= 0.6 is 11.8 Å². The number of thioether (sulfide) groups is 1. The van der Waals surface area contributed by atoms with Gasteiger partial charge in [-0.15, -0.1) is 0 Å². The van der Waals surface area contributed by atoms with Crippen LogP contribution < -0.4 is 0 Å². The monoisotopic (exact) mass is 434 g/mol. The van der Waals surface area contributed by atoms with Crippen LogP contribution in [0.3, 0.4) is 0 Å². The Morgan fingerprint density at radius 3 is 2.57 bits per heavy atom. The zero-order chi connectivity index (χ0) is 21.9. The zero-order valence-corrected chi connectivity index (χ0v) is 19.8. The quantitative estimate of drug-likeness (QED) is 0.680. The highest BCUT2D eigenvalue weighted by molar-refractivity contribution is 8.14. The number of aliphatic hydroxyl groups is 2. The van der Waals surface area contributed by atoms with Crippen LogP contribution in [0.15, 0.2) is 11.6 Å². The van der Waals surface area contributed by atoms with Crippen LogP contribution in [0.5, 0.6) is 0 Å². The Morgan fingerprint density at radius 1 is 1.20 bits per heavy atom. The van der Waals surface area contributed by atoms with Gasteiger partial charge in [-0.1, -0.05) is 38.1 Å². The second-order valence-corrected chi connectivity index (χ2v) is 12.3. The number of carbonyl (C=O) groups excluding carboxylic acids is 2. The summed E-state index contributed by atoms with van der Waals surface area (Å²) < 4.78 is 0. The van der Waals surface area contributed by atoms with Crippen LogP contribution in [0.1, 0.15) is 79.1 Å². The summed E-state index contributed by atoms with van der Waals surface area (Å²) in [5.74, 6) is 1.66. The van der Waals surface area contributed by atoms with Crippen LogP contribution in [0.25, 0.3) is 0 Å². The first-order valence-electron chi connectivity index (χ1n) is 11.8. The van der Waals surface area contributed by atoms with Crippen molar-refractivity contribution in [3.05, 3.63) is 11.6 Å². The van der Waals surface area contributed by atoms with Gasteiger partial charge in [0.15, 0.2) is 10.9 Å². The molecule has 4 aliphatic carbocycles. The normalized spacial score (nSPS) is 47.9. The third-order valence-corrected chi connectivity index (χ3v) is 11.1. The fourth-order valence-electron chi connectivity index (χ4n) is 8.16. The van der Waals surface area contributed by atoms with E-state index in [1.807, 2.05) is 6.08 Å². The lowest BCUT2D eigenvalue weighted by Gasteiger charge is -2.62. The molecule has 0 aromatic carbocycles. The topological polar surface area (TPSA) is 74.6 Å². The molecule has 5 heteroatoms. The van der Waals surface area contributed by atoms with Gasteiger partial charge in [0, 0.05) is 25.2 Å². The van der Waals surface area contributed by atoms with Crippen molar-refractivity contribution in [3.8, 4) is 0 Å². The maximum absolute atomic E-state index is 12.3. The Morgan fingerprint density at radius 2 is 1.90 bits per heavy atom. The van der Waals surface area contributed by atoms with E-state index in [2.05, 4.69) is 20.8 Å². The van der Waals surface area contributed by atoms with E-state index >= 15 is 0 Å². The van der Waals surface area contributed by atoms with E-state index in [0.29, 0.717) is 37.0 Å². The molecule has 0 saturated heterocycles. The maximum Gasteiger partial charge on any atom is 0.186 e. The molecular formula is C25H38O4S. The lowest BCUT2D eigenvalue weighted by atomic mass is 9.44. The first-order valence-corrected chi connectivity index (χ1v) is 12.7. The van der Waals surface area contributed by atoms with Gasteiger partial charge in [0.05, 0.1) is 5.60 Å². The van der Waals surface area contributed by atoms with E-state index < -0.39 is 5.60 Å². The van der Waals surface area contributed by atoms with Crippen LogP contribution in [-0.2, 0) is 9.59 Å². The molecule has 30 heavy (non-hydrogen) atoms. The summed E-state index contributed by atoms with van der Waals surface area (Å²) in [4.78, 5) is 24.6. The minimum atomic E-state index is -0.723. The molecule has 3 saturated carbocycles. The Bertz CT molecular complexity index is 762. The van der Waals surface area contributed by atoms with E-state index in [4.69, 9.17) is 0 Å². The van der Waals surface area contributed by atoms with Gasteiger partial charge in [0.1, 0.15) is 0 Å². The molecular weight excluding hydrogens is 396 g/mol. The van der Waals surface area contributed by atoms with Gasteiger partial charge in [0.2, 0.25) is 0 Å². The summed E-state index contributed by atoms with van der Waals surface area (Å²) in [5.41, 5.74) is 0.412. The summed E-state index contributed by atoms with van der Waals surface area (Å²) in [6.07, 6.45) is 8.58. The van der Waals surface area contributed by atoms with Crippen LogP contribution in [0, 0.1) is 34.5 Å². The highest BCUT2D eigenvalue weighted by atomic mass is 32.2. The molecule has 0 heterocycles. The number of hydrogen-bond donors (Lipinski definition) is 2. The average molecular weight is 435 g/mol. The summed E-state index contributed by atoms with van der Waals surface area (Å²) >= 11 is 1.48. The van der Waals surface area contributed by atoms with E-state index in [1.165, 1.54) is 17.3 Å². The molecule has 4 aliphatic rings. The van der Waals surface area contributed by atoms with Gasteiger partial charge in [-0.2, -0.15) is 0 Å². The lowest BCUT2D eigenvalue weighted by molar-refractivity contribution is -0.135. The van der Waals surface area contributed by atoms with Gasteiger partial charge in [-0.25, -0.2) is 0 Å². The predicted molar refractivity (Wildman–Crippen MR) is 120 cm³/mol. The molecule has 3 fully saturated rings. The van der Waals surface area contributed by atoms with E-state index in [0.717, 1.165) is 32.1 Å². The number of carbonyl (C=O) groups is 2. The van der Waals surface area contributed by atoms with Crippen LogP contribution in [0.2, 0.25) is 0 Å². The number of ketones is 1. The van der Waals surface area contributed by atoms with Gasteiger partial charge in [-0.05, 0) is 85.5 Å². The molecule has 0 unspecified atom stereocenters. The minimum Gasteiger partial charge on any atom is -0.396 e. The summed E-state index contributed by atoms with van der Waals surface area (Å²) in [5, 5.41) is 21.4. The lowest BCUT2D eigenvalue weighted by Crippen LogP contribution is -2.59. The standard InChI is InChI=1S/C25H38O4S/c1-15-20-14-17(28)6-10-23(20,3)18-7-11-24(4)19(21(18)22(15)30-16(2)27)8-12-25(24,29)9-5-13-26/h14-15,18-19,21-22,26,29H,5-13H2,1-4H3/t15-,18+,19+,21-,22-,23-,24+,25+/m1/s1. The number of rotatable bonds is 4. The van der Waals surface area contributed by atoms with Crippen molar-refractivity contribution < 1.29 is 19.8 Å². The minimum absolute atomic E-state index is 0.0268. The Kier molecular flexibility index (Phi) is 5.81. The average Bonchev–Trinajstić information content (AvgIpc) is 2.96. The smallest absolute Gasteiger partial charge is 0.186 e. The fraction of sp³-hybridized carbons (Fsp3) is 0.840. The Hall–Kier alpha value is -0.650. The Balaban J connectivity index is 1.77. The van der Waals surface area contributed by atoms with Crippen LogP contribution in [-0.4, -0.2) is 38.6 Å². The highest BCUT2D eigenvalue weighted by Crippen LogP contribution is 2.70. The van der Waals surface area contributed by atoms with Crippen molar-refractivity contribution in [2.24, 2.45) is 34.5 Å². The van der Waals surface area contributed by atoms with Crippen molar-refractivity contribution in [1.29, 1.82) is 0 Å². The fourth-order valence-corrected chi connectivity index (χ4v) is 9.43. The Labute approximate surface area is 185 Å². The molecule has 0 amide bonds. The summed E-state index contributed by atoms with van der Waals surface area (Å²) in [7, 11) is 0. The molecule has 0 bridgehead atoms. The summed E-state index contributed by atoms with van der Waals surface area (Å²) in [6.45, 7) is 8.64. The molecule has 0 aromatic heterocycles. The van der Waals surface area contributed by atoms with Gasteiger partial charge in [-0.3, -0.25) is 9.59 Å². The molecule has 0 radical (unpaired) electrons. The number of fused-ring (bicyclic) bond motifs is 5. The van der Waals surface area contributed by atoms with Crippen LogP contribution in [0.4, 0.5) is 0 Å². The van der Waals surface area contributed by atoms with E-state index in [-0.39, 0.29) is 39.5 Å². The van der Waals surface area contributed by atoms with Gasteiger partial charge < -0.3 is 10.2 Å². The SMILES string of the molecule is CC(=O)S[C@H]1[C@@H]2[C@H](CC[C@@]3(C)[C@H]2CC[C@@]3(O)CCCO)[C@@]2(C)CCC(=O)C=C2[C@H]1C. The molecule has 8 atom stereocenters.